The van der Waals surface area contributed by atoms with Crippen molar-refractivity contribution in [1.82, 2.24) is 0 Å². The van der Waals surface area contributed by atoms with Crippen molar-refractivity contribution in [1.29, 1.82) is 0 Å². The highest BCUT2D eigenvalue weighted by molar-refractivity contribution is 7.90. The summed E-state index contributed by atoms with van der Waals surface area (Å²) in [5.74, 6) is 0.240. The van der Waals surface area contributed by atoms with E-state index in [-0.39, 0.29) is 18.1 Å². The molecule has 4 heteroatoms. The van der Waals surface area contributed by atoms with Gasteiger partial charge in [0.2, 0.25) is 0 Å². The molecule has 0 fully saturated rings. The van der Waals surface area contributed by atoms with Gasteiger partial charge in [-0.05, 0) is 11.1 Å². The molecule has 0 bridgehead atoms. The van der Waals surface area contributed by atoms with Gasteiger partial charge in [-0.2, -0.15) is 0 Å². The molecule has 0 amide bonds. The molecule has 0 aliphatic carbocycles. The van der Waals surface area contributed by atoms with Crippen LogP contribution in [0, 0.1) is 0 Å². The summed E-state index contributed by atoms with van der Waals surface area (Å²) in [5, 5.41) is 8.79. The van der Waals surface area contributed by atoms with Crippen molar-refractivity contribution in [3.8, 4) is 0 Å². The molecule has 0 aliphatic heterocycles. The first kappa shape index (κ1) is 11.2. The van der Waals surface area contributed by atoms with E-state index in [1.165, 1.54) is 0 Å². The Balaban J connectivity index is 2.79. The van der Waals surface area contributed by atoms with Gasteiger partial charge in [-0.15, -0.1) is 0 Å². The molecule has 1 rings (SSSR count). The topological polar surface area (TPSA) is 54.4 Å². The highest BCUT2D eigenvalue weighted by atomic mass is 32.2. The Bertz CT molecular complexity index is 378. The van der Waals surface area contributed by atoms with Gasteiger partial charge < -0.3 is 5.11 Å². The quantitative estimate of drug-likeness (QED) is 0.817. The Hall–Kier alpha value is -0.870. The highest BCUT2D eigenvalue weighted by Crippen LogP contribution is 2.08. The maximum absolute atomic E-state index is 11.3. The van der Waals surface area contributed by atoms with Crippen molar-refractivity contribution in [2.45, 2.75) is 19.3 Å². The number of rotatable bonds is 4. The number of aliphatic hydroxyl groups is 1. The molecule has 0 heterocycles. The maximum Gasteiger partial charge on any atom is 0.154 e. The van der Waals surface area contributed by atoms with Gasteiger partial charge in [0.15, 0.2) is 9.84 Å². The van der Waals surface area contributed by atoms with Gasteiger partial charge in [-0.25, -0.2) is 8.42 Å². The monoisotopic (exact) mass is 214 g/mol. The standard InChI is InChI=1S/C10H14O3S/c1-2-14(12,13)8-10-5-3-9(7-11)4-6-10/h3-6,11H,2,7-8H2,1H3. The Morgan fingerprint density at radius 2 is 1.64 bits per heavy atom. The third-order valence-corrected chi connectivity index (χ3v) is 3.68. The summed E-state index contributed by atoms with van der Waals surface area (Å²) in [7, 11) is -2.95. The van der Waals surface area contributed by atoms with Gasteiger partial charge in [0, 0.05) is 5.75 Å². The maximum atomic E-state index is 11.3. The summed E-state index contributed by atoms with van der Waals surface area (Å²) in [6, 6.07) is 6.94. The van der Waals surface area contributed by atoms with Crippen LogP contribution in [0.5, 0.6) is 0 Å². The van der Waals surface area contributed by atoms with Crippen LogP contribution < -0.4 is 0 Å². The molecule has 0 saturated carbocycles. The van der Waals surface area contributed by atoms with Crippen LogP contribution in [0.15, 0.2) is 24.3 Å². The molecular weight excluding hydrogens is 200 g/mol. The van der Waals surface area contributed by atoms with E-state index in [0.717, 1.165) is 11.1 Å². The summed E-state index contributed by atoms with van der Waals surface area (Å²) in [6.07, 6.45) is 0. The summed E-state index contributed by atoms with van der Waals surface area (Å²) >= 11 is 0. The van der Waals surface area contributed by atoms with Crippen molar-refractivity contribution < 1.29 is 13.5 Å². The van der Waals surface area contributed by atoms with Gasteiger partial charge in [-0.3, -0.25) is 0 Å². The lowest BCUT2D eigenvalue weighted by Crippen LogP contribution is -2.06. The first-order valence-electron chi connectivity index (χ1n) is 4.46. The van der Waals surface area contributed by atoms with Crippen LogP contribution in [0.4, 0.5) is 0 Å². The molecular formula is C10H14O3S. The molecule has 0 saturated heterocycles. The number of hydrogen-bond donors (Lipinski definition) is 1. The number of hydrogen-bond acceptors (Lipinski definition) is 3. The zero-order valence-corrected chi connectivity index (χ0v) is 8.92. The molecule has 0 aliphatic rings. The second-order valence-electron chi connectivity index (χ2n) is 3.15. The van der Waals surface area contributed by atoms with Crippen molar-refractivity contribution in [3.63, 3.8) is 0 Å². The van der Waals surface area contributed by atoms with Crippen LogP contribution in [0.3, 0.4) is 0 Å². The Labute approximate surface area is 84.3 Å². The van der Waals surface area contributed by atoms with E-state index in [2.05, 4.69) is 0 Å². The van der Waals surface area contributed by atoms with Gasteiger partial charge in [0.05, 0.1) is 12.4 Å². The predicted molar refractivity (Wildman–Crippen MR) is 55.5 cm³/mol. The fourth-order valence-electron chi connectivity index (χ4n) is 1.10. The molecule has 0 radical (unpaired) electrons. The molecule has 3 nitrogen and oxygen atoms in total. The van der Waals surface area contributed by atoms with Gasteiger partial charge in [-0.1, -0.05) is 31.2 Å². The Morgan fingerprint density at radius 1 is 1.14 bits per heavy atom. The van der Waals surface area contributed by atoms with E-state index >= 15 is 0 Å². The molecule has 0 spiro atoms. The van der Waals surface area contributed by atoms with E-state index in [1.54, 1.807) is 31.2 Å². The minimum absolute atomic E-state index is 0.0131. The fourth-order valence-corrected chi connectivity index (χ4v) is 2.00. The molecule has 0 unspecified atom stereocenters. The number of benzene rings is 1. The molecule has 78 valence electrons. The minimum atomic E-state index is -2.95. The normalized spacial score (nSPS) is 11.6. The minimum Gasteiger partial charge on any atom is -0.392 e. The Kier molecular flexibility index (Phi) is 3.66. The van der Waals surface area contributed by atoms with Crippen LogP contribution in [0.25, 0.3) is 0 Å². The molecule has 1 aromatic rings. The van der Waals surface area contributed by atoms with E-state index in [0.29, 0.717) is 0 Å². The van der Waals surface area contributed by atoms with E-state index in [1.807, 2.05) is 0 Å². The Morgan fingerprint density at radius 3 is 2.07 bits per heavy atom. The van der Waals surface area contributed by atoms with Crippen LogP contribution in [0.1, 0.15) is 18.1 Å². The average Bonchev–Trinajstić information content (AvgIpc) is 2.19. The summed E-state index contributed by atoms with van der Waals surface area (Å²) < 4.78 is 22.5. The van der Waals surface area contributed by atoms with Gasteiger partial charge in [0.1, 0.15) is 0 Å². The fraction of sp³-hybridized carbons (Fsp3) is 0.400. The first-order chi connectivity index (χ1) is 6.57. The van der Waals surface area contributed by atoms with Crippen molar-refractivity contribution in [2.75, 3.05) is 5.75 Å². The number of sulfone groups is 1. The molecule has 0 aromatic heterocycles. The summed E-state index contributed by atoms with van der Waals surface area (Å²) in [4.78, 5) is 0. The third kappa shape index (κ3) is 3.12. The smallest absolute Gasteiger partial charge is 0.154 e. The second kappa shape index (κ2) is 4.57. The van der Waals surface area contributed by atoms with Crippen LogP contribution in [0.2, 0.25) is 0 Å². The van der Waals surface area contributed by atoms with Crippen LogP contribution in [-0.4, -0.2) is 19.3 Å². The van der Waals surface area contributed by atoms with E-state index in [9.17, 15) is 8.42 Å². The SMILES string of the molecule is CCS(=O)(=O)Cc1ccc(CO)cc1. The van der Waals surface area contributed by atoms with Crippen molar-refractivity contribution in [3.05, 3.63) is 35.4 Å². The lowest BCUT2D eigenvalue weighted by molar-refractivity contribution is 0.282. The lowest BCUT2D eigenvalue weighted by atomic mass is 10.2. The van der Waals surface area contributed by atoms with Gasteiger partial charge in [0.25, 0.3) is 0 Å². The number of aliphatic hydroxyl groups excluding tert-OH is 1. The summed E-state index contributed by atoms with van der Waals surface area (Å²) in [5.41, 5.74) is 1.56. The molecule has 14 heavy (non-hydrogen) atoms. The predicted octanol–water partition coefficient (Wildman–Crippen LogP) is 1.11. The van der Waals surface area contributed by atoms with Crippen molar-refractivity contribution in [2.24, 2.45) is 0 Å². The summed E-state index contributed by atoms with van der Waals surface area (Å²) in [6.45, 7) is 1.62. The van der Waals surface area contributed by atoms with Crippen LogP contribution >= 0.6 is 0 Å². The highest BCUT2D eigenvalue weighted by Gasteiger charge is 2.08. The molecule has 1 aromatic carbocycles. The molecule has 0 atom stereocenters. The van der Waals surface area contributed by atoms with Crippen molar-refractivity contribution >= 4 is 9.84 Å². The van der Waals surface area contributed by atoms with Crippen LogP contribution in [-0.2, 0) is 22.2 Å². The lowest BCUT2D eigenvalue weighted by Gasteiger charge is -2.02. The third-order valence-electron chi connectivity index (χ3n) is 2.03. The average molecular weight is 214 g/mol. The first-order valence-corrected chi connectivity index (χ1v) is 6.28. The zero-order valence-electron chi connectivity index (χ0n) is 8.10. The largest absolute Gasteiger partial charge is 0.392 e. The molecule has 1 N–H and O–H groups in total. The van der Waals surface area contributed by atoms with E-state index < -0.39 is 9.84 Å². The van der Waals surface area contributed by atoms with Gasteiger partial charge >= 0.3 is 0 Å². The second-order valence-corrected chi connectivity index (χ2v) is 5.50. The van der Waals surface area contributed by atoms with E-state index in [4.69, 9.17) is 5.11 Å². The zero-order chi connectivity index (χ0) is 10.6.